The zero-order valence-corrected chi connectivity index (χ0v) is 10.2. The fourth-order valence-electron chi connectivity index (χ4n) is 1.74. The Labute approximate surface area is 102 Å². The second-order valence-corrected chi connectivity index (χ2v) is 4.29. The zero-order chi connectivity index (χ0) is 12.3. The molecule has 1 unspecified atom stereocenters. The molecule has 3 N–H and O–H groups in total. The summed E-state index contributed by atoms with van der Waals surface area (Å²) in [5, 5.41) is 3.35. The topological polar surface area (TPSA) is 53.6 Å². The van der Waals surface area contributed by atoms with Crippen LogP contribution in [0.25, 0.3) is 0 Å². The lowest BCUT2D eigenvalue weighted by atomic mass is 10.3. The van der Waals surface area contributed by atoms with Gasteiger partial charge < -0.3 is 16.0 Å². The lowest BCUT2D eigenvalue weighted by molar-refractivity contribution is 0.251. The molecule has 17 heavy (non-hydrogen) atoms. The maximum atomic E-state index is 5.74. The molecule has 0 aromatic heterocycles. The Morgan fingerprint density at radius 2 is 2.00 bits per heavy atom. The van der Waals surface area contributed by atoms with E-state index in [1.807, 2.05) is 42.6 Å². The Morgan fingerprint density at radius 1 is 1.29 bits per heavy atom. The largest absolute Gasteiger partial charge is 0.384 e. The molecular weight excluding hydrogens is 212 g/mol. The second-order valence-electron chi connectivity index (χ2n) is 4.29. The van der Waals surface area contributed by atoms with Crippen molar-refractivity contribution < 1.29 is 0 Å². The van der Waals surface area contributed by atoms with E-state index < -0.39 is 0 Å². The second kappa shape index (κ2) is 4.91. The van der Waals surface area contributed by atoms with Crippen molar-refractivity contribution in [3.05, 3.63) is 42.6 Å². The van der Waals surface area contributed by atoms with Crippen LogP contribution in [0.5, 0.6) is 0 Å². The minimum absolute atomic E-state index is 0.137. The van der Waals surface area contributed by atoms with Crippen molar-refractivity contribution in [1.29, 1.82) is 0 Å². The average molecular weight is 230 g/mol. The highest BCUT2D eigenvalue weighted by molar-refractivity contribution is 5.92. The number of anilines is 1. The molecule has 0 aliphatic carbocycles. The van der Waals surface area contributed by atoms with Crippen LogP contribution in [0.1, 0.15) is 13.8 Å². The molecule has 0 bridgehead atoms. The van der Waals surface area contributed by atoms with Gasteiger partial charge >= 0.3 is 0 Å². The number of hydrogen-bond acceptors (Lipinski definition) is 4. The number of amidine groups is 1. The Balaban J connectivity index is 2.15. The summed E-state index contributed by atoms with van der Waals surface area (Å²) in [6.45, 7) is 4.25. The fraction of sp³-hybridized carbons (Fsp3) is 0.308. The molecule has 2 rings (SSSR count). The lowest BCUT2D eigenvalue weighted by Crippen LogP contribution is -2.43. The molecule has 1 aliphatic rings. The Morgan fingerprint density at radius 3 is 2.65 bits per heavy atom. The van der Waals surface area contributed by atoms with Gasteiger partial charge in [0, 0.05) is 17.9 Å². The monoisotopic (exact) mass is 230 g/mol. The lowest BCUT2D eigenvalue weighted by Gasteiger charge is -2.34. The van der Waals surface area contributed by atoms with Crippen LogP contribution in [-0.2, 0) is 0 Å². The highest BCUT2D eigenvalue weighted by atomic mass is 15.4. The van der Waals surface area contributed by atoms with E-state index in [2.05, 4.69) is 29.1 Å². The summed E-state index contributed by atoms with van der Waals surface area (Å²) in [5.74, 6) is 0.551. The number of aliphatic imine (C=N–C) groups is 1. The Hall–Kier alpha value is -1.97. The third kappa shape index (κ3) is 2.78. The minimum atomic E-state index is -0.137. The van der Waals surface area contributed by atoms with E-state index in [0.717, 1.165) is 5.69 Å². The van der Waals surface area contributed by atoms with Crippen LogP contribution in [0.4, 0.5) is 5.69 Å². The van der Waals surface area contributed by atoms with Gasteiger partial charge in [0.05, 0.1) is 0 Å². The molecule has 4 heteroatoms. The number of para-hydroxylation sites is 1. The van der Waals surface area contributed by atoms with E-state index in [1.54, 1.807) is 0 Å². The molecule has 0 radical (unpaired) electrons. The van der Waals surface area contributed by atoms with Crippen LogP contribution in [0.2, 0.25) is 0 Å². The summed E-state index contributed by atoms with van der Waals surface area (Å²) in [4.78, 5) is 6.53. The molecule has 1 aromatic rings. The van der Waals surface area contributed by atoms with Crippen LogP contribution in [0, 0.1) is 0 Å². The molecule has 1 aromatic carbocycles. The first kappa shape index (κ1) is 11.5. The first-order valence-corrected chi connectivity index (χ1v) is 5.77. The number of nitrogens with two attached hydrogens (primary N) is 1. The third-order valence-electron chi connectivity index (χ3n) is 2.64. The van der Waals surface area contributed by atoms with E-state index in [1.165, 1.54) is 0 Å². The molecule has 1 heterocycles. The maximum Gasteiger partial charge on any atom is 0.198 e. The summed E-state index contributed by atoms with van der Waals surface area (Å²) < 4.78 is 0. The van der Waals surface area contributed by atoms with E-state index in [0.29, 0.717) is 11.9 Å². The molecule has 0 saturated carbocycles. The minimum Gasteiger partial charge on any atom is -0.384 e. The van der Waals surface area contributed by atoms with Crippen molar-refractivity contribution in [2.24, 2.45) is 10.7 Å². The van der Waals surface area contributed by atoms with E-state index in [9.17, 15) is 0 Å². The molecule has 0 spiro atoms. The smallest absolute Gasteiger partial charge is 0.198 e. The molecule has 1 aliphatic heterocycles. The van der Waals surface area contributed by atoms with Gasteiger partial charge in [-0.25, -0.2) is 4.99 Å². The molecular formula is C13H18N4. The summed E-state index contributed by atoms with van der Waals surface area (Å²) in [5.41, 5.74) is 6.77. The summed E-state index contributed by atoms with van der Waals surface area (Å²) in [6.07, 6.45) is 3.67. The van der Waals surface area contributed by atoms with Crippen LogP contribution in [0.3, 0.4) is 0 Å². The average Bonchev–Trinajstić information content (AvgIpc) is 2.30. The van der Waals surface area contributed by atoms with Gasteiger partial charge in [-0.15, -0.1) is 0 Å². The summed E-state index contributed by atoms with van der Waals surface area (Å²) >= 11 is 0. The van der Waals surface area contributed by atoms with E-state index in [-0.39, 0.29) is 6.29 Å². The quantitative estimate of drug-likeness (QED) is 0.834. The number of benzene rings is 1. The number of rotatable bonds is 3. The van der Waals surface area contributed by atoms with Gasteiger partial charge in [0.2, 0.25) is 0 Å². The summed E-state index contributed by atoms with van der Waals surface area (Å²) in [7, 11) is 0. The standard InChI is InChI=1S/C13H18N4/c1-10(2)17-9-8-12(14)16-13(17)15-11-6-4-3-5-7-11/h3-10,13,15H,1-2H3,(H2,14,16). The Bertz CT molecular complexity index is 422. The van der Waals surface area contributed by atoms with Crippen LogP contribution >= 0.6 is 0 Å². The van der Waals surface area contributed by atoms with Crippen molar-refractivity contribution in [1.82, 2.24) is 4.90 Å². The van der Waals surface area contributed by atoms with Gasteiger partial charge in [-0.1, -0.05) is 18.2 Å². The van der Waals surface area contributed by atoms with Crippen LogP contribution in [0.15, 0.2) is 47.6 Å². The van der Waals surface area contributed by atoms with Gasteiger partial charge in [-0.3, -0.25) is 0 Å². The number of nitrogens with one attached hydrogen (secondary N) is 1. The fourth-order valence-corrected chi connectivity index (χ4v) is 1.74. The van der Waals surface area contributed by atoms with Crippen LogP contribution < -0.4 is 11.1 Å². The first-order valence-electron chi connectivity index (χ1n) is 5.77. The van der Waals surface area contributed by atoms with E-state index in [4.69, 9.17) is 5.73 Å². The van der Waals surface area contributed by atoms with Gasteiger partial charge in [0.25, 0.3) is 0 Å². The van der Waals surface area contributed by atoms with Crippen molar-refractivity contribution in [2.75, 3.05) is 5.32 Å². The number of hydrogen-bond donors (Lipinski definition) is 2. The zero-order valence-electron chi connectivity index (χ0n) is 10.2. The highest BCUT2D eigenvalue weighted by Gasteiger charge is 2.19. The molecule has 0 amide bonds. The van der Waals surface area contributed by atoms with Gasteiger partial charge in [-0.05, 0) is 32.1 Å². The van der Waals surface area contributed by atoms with Crippen molar-refractivity contribution in [2.45, 2.75) is 26.2 Å². The predicted octanol–water partition coefficient (Wildman–Crippen LogP) is 1.98. The molecule has 4 nitrogen and oxygen atoms in total. The predicted molar refractivity (Wildman–Crippen MR) is 71.6 cm³/mol. The molecule has 90 valence electrons. The summed E-state index contributed by atoms with van der Waals surface area (Å²) in [6, 6.07) is 10.4. The van der Waals surface area contributed by atoms with Crippen molar-refractivity contribution >= 4 is 11.5 Å². The van der Waals surface area contributed by atoms with Gasteiger partial charge in [0.15, 0.2) is 6.29 Å². The highest BCUT2D eigenvalue weighted by Crippen LogP contribution is 2.15. The van der Waals surface area contributed by atoms with Gasteiger partial charge in [-0.2, -0.15) is 0 Å². The van der Waals surface area contributed by atoms with Crippen LogP contribution in [-0.4, -0.2) is 23.1 Å². The number of nitrogens with zero attached hydrogens (tertiary/aromatic N) is 2. The van der Waals surface area contributed by atoms with E-state index >= 15 is 0 Å². The first-order chi connectivity index (χ1) is 8.16. The SMILES string of the molecule is CC(C)N1C=CC(N)=NC1Nc1ccccc1. The van der Waals surface area contributed by atoms with Crippen molar-refractivity contribution in [3.8, 4) is 0 Å². The molecule has 1 atom stereocenters. The maximum absolute atomic E-state index is 5.74. The normalized spacial score (nSPS) is 19.4. The third-order valence-corrected chi connectivity index (χ3v) is 2.64. The van der Waals surface area contributed by atoms with Crippen molar-refractivity contribution in [3.63, 3.8) is 0 Å². The Kier molecular flexibility index (Phi) is 3.32. The molecule has 0 fully saturated rings. The molecule has 0 saturated heterocycles. The van der Waals surface area contributed by atoms with Gasteiger partial charge in [0.1, 0.15) is 5.84 Å².